The van der Waals surface area contributed by atoms with Gasteiger partial charge in [0.05, 0.1) is 31.0 Å². The Kier molecular flexibility index (Phi) is 6.11. The van der Waals surface area contributed by atoms with Gasteiger partial charge in [0.15, 0.2) is 23.2 Å². The van der Waals surface area contributed by atoms with Crippen molar-refractivity contribution in [1.82, 2.24) is 9.78 Å². The van der Waals surface area contributed by atoms with E-state index < -0.39 is 24.2 Å². The third-order valence-electron chi connectivity index (χ3n) is 5.35. The minimum absolute atomic E-state index is 0.0765. The molecule has 1 aromatic heterocycles. The van der Waals surface area contributed by atoms with Crippen LogP contribution in [0, 0.1) is 0 Å². The SMILES string of the molecule is COc1ccc([C@@H]2C[C@@H](C(F)(F)F)n3nc(C(=O)Nc4ccccc4Cl)cc3N2)cc1OC. The molecule has 2 heterocycles. The Morgan fingerprint density at radius 1 is 1.15 bits per heavy atom. The molecule has 3 aromatic rings. The van der Waals surface area contributed by atoms with Crippen LogP contribution in [0.25, 0.3) is 0 Å². The van der Waals surface area contributed by atoms with E-state index in [1.165, 1.54) is 20.3 Å². The molecular weight excluding hydrogens is 461 g/mol. The van der Waals surface area contributed by atoms with Crippen LogP contribution in [0.2, 0.25) is 5.02 Å². The predicted molar refractivity (Wildman–Crippen MR) is 117 cm³/mol. The highest BCUT2D eigenvalue weighted by Crippen LogP contribution is 2.44. The number of ether oxygens (including phenoxy) is 2. The molecule has 1 amide bonds. The van der Waals surface area contributed by atoms with Crippen LogP contribution < -0.4 is 20.1 Å². The van der Waals surface area contributed by atoms with Crippen molar-refractivity contribution in [2.24, 2.45) is 0 Å². The van der Waals surface area contributed by atoms with E-state index in [2.05, 4.69) is 15.7 Å². The van der Waals surface area contributed by atoms with Crippen LogP contribution >= 0.6 is 11.6 Å². The molecule has 0 fully saturated rings. The van der Waals surface area contributed by atoms with Crippen molar-refractivity contribution < 1.29 is 27.4 Å². The average Bonchev–Trinajstić information content (AvgIpc) is 3.23. The van der Waals surface area contributed by atoms with E-state index in [0.29, 0.717) is 27.8 Å². The van der Waals surface area contributed by atoms with Crippen LogP contribution in [0.3, 0.4) is 0 Å². The maximum absolute atomic E-state index is 13.9. The van der Waals surface area contributed by atoms with Crippen molar-refractivity contribution in [3.8, 4) is 11.5 Å². The van der Waals surface area contributed by atoms with Crippen LogP contribution in [0.4, 0.5) is 24.7 Å². The highest BCUT2D eigenvalue weighted by atomic mass is 35.5. The number of carbonyl (C=O) groups is 1. The van der Waals surface area contributed by atoms with E-state index in [4.69, 9.17) is 21.1 Å². The van der Waals surface area contributed by atoms with Crippen molar-refractivity contribution in [1.29, 1.82) is 0 Å². The smallest absolute Gasteiger partial charge is 0.410 e. The molecule has 0 saturated heterocycles. The fourth-order valence-electron chi connectivity index (χ4n) is 3.72. The topological polar surface area (TPSA) is 77.4 Å². The fourth-order valence-corrected chi connectivity index (χ4v) is 3.90. The number of nitrogens with one attached hydrogen (secondary N) is 2. The van der Waals surface area contributed by atoms with Gasteiger partial charge in [-0.1, -0.05) is 29.8 Å². The lowest BCUT2D eigenvalue weighted by Crippen LogP contribution is -2.35. The van der Waals surface area contributed by atoms with Gasteiger partial charge in [0.1, 0.15) is 5.82 Å². The van der Waals surface area contributed by atoms with Gasteiger partial charge in [0, 0.05) is 12.5 Å². The number of nitrogens with zero attached hydrogens (tertiary/aromatic N) is 2. The first-order valence-corrected chi connectivity index (χ1v) is 10.3. The molecule has 1 aliphatic rings. The lowest BCUT2D eigenvalue weighted by Gasteiger charge is -2.33. The highest BCUT2D eigenvalue weighted by molar-refractivity contribution is 6.33. The molecule has 0 spiro atoms. The number of halogens is 4. The van der Waals surface area contributed by atoms with Gasteiger partial charge < -0.3 is 20.1 Å². The van der Waals surface area contributed by atoms with Gasteiger partial charge in [-0.25, -0.2) is 4.68 Å². The zero-order valence-electron chi connectivity index (χ0n) is 17.6. The Morgan fingerprint density at radius 3 is 2.55 bits per heavy atom. The Labute approximate surface area is 192 Å². The Balaban J connectivity index is 1.66. The lowest BCUT2D eigenvalue weighted by atomic mass is 9.96. The van der Waals surface area contributed by atoms with E-state index in [-0.39, 0.29) is 17.9 Å². The van der Waals surface area contributed by atoms with Crippen molar-refractivity contribution in [2.45, 2.75) is 24.7 Å². The van der Waals surface area contributed by atoms with Crippen LogP contribution in [0.15, 0.2) is 48.5 Å². The van der Waals surface area contributed by atoms with Gasteiger partial charge in [-0.05, 0) is 29.8 Å². The third-order valence-corrected chi connectivity index (χ3v) is 5.68. The first-order chi connectivity index (χ1) is 15.7. The van der Waals surface area contributed by atoms with Crippen molar-refractivity contribution >= 4 is 29.0 Å². The molecule has 0 bridgehead atoms. The molecule has 2 N–H and O–H groups in total. The number of benzene rings is 2. The summed E-state index contributed by atoms with van der Waals surface area (Å²) in [5, 5.41) is 9.87. The molecule has 4 rings (SSSR count). The second kappa shape index (κ2) is 8.86. The first kappa shape index (κ1) is 22.8. The molecule has 0 saturated carbocycles. The van der Waals surface area contributed by atoms with Gasteiger partial charge >= 0.3 is 6.18 Å². The van der Waals surface area contributed by atoms with E-state index in [1.807, 2.05) is 0 Å². The van der Waals surface area contributed by atoms with Crippen LogP contribution in [0.1, 0.15) is 34.6 Å². The summed E-state index contributed by atoms with van der Waals surface area (Å²) in [6, 6.07) is 10.1. The van der Waals surface area contributed by atoms with Gasteiger partial charge in [-0.2, -0.15) is 18.3 Å². The summed E-state index contributed by atoms with van der Waals surface area (Å²) in [6.45, 7) is 0. The van der Waals surface area contributed by atoms with E-state index in [0.717, 1.165) is 4.68 Å². The average molecular weight is 481 g/mol. The Hall–Kier alpha value is -3.40. The molecule has 0 radical (unpaired) electrons. The number of para-hydroxylation sites is 1. The molecule has 174 valence electrons. The van der Waals surface area contributed by atoms with Crippen LogP contribution in [-0.4, -0.2) is 36.1 Å². The molecule has 0 aliphatic carbocycles. The zero-order valence-corrected chi connectivity index (χ0v) is 18.4. The number of carbonyl (C=O) groups excluding carboxylic acids is 1. The van der Waals surface area contributed by atoms with Crippen molar-refractivity contribution in [2.75, 3.05) is 24.9 Å². The highest BCUT2D eigenvalue weighted by Gasteiger charge is 2.47. The summed E-state index contributed by atoms with van der Waals surface area (Å²) in [4.78, 5) is 12.7. The summed E-state index contributed by atoms with van der Waals surface area (Å²) in [5.41, 5.74) is 0.745. The molecule has 7 nitrogen and oxygen atoms in total. The van der Waals surface area contributed by atoms with E-state index >= 15 is 0 Å². The Morgan fingerprint density at radius 2 is 1.88 bits per heavy atom. The lowest BCUT2D eigenvalue weighted by molar-refractivity contribution is -0.173. The maximum atomic E-state index is 13.9. The molecular formula is C22H20ClF3N4O3. The normalized spacial score (nSPS) is 17.6. The first-order valence-electron chi connectivity index (χ1n) is 9.92. The van der Waals surface area contributed by atoms with Crippen molar-refractivity contribution in [3.63, 3.8) is 0 Å². The summed E-state index contributed by atoms with van der Waals surface area (Å²) >= 11 is 6.05. The molecule has 0 unspecified atom stereocenters. The monoisotopic (exact) mass is 480 g/mol. The molecule has 2 atom stereocenters. The summed E-state index contributed by atoms with van der Waals surface area (Å²) in [5.74, 6) is 0.273. The number of anilines is 2. The number of hydrogen-bond donors (Lipinski definition) is 2. The molecule has 1 aliphatic heterocycles. The number of fused-ring (bicyclic) bond motifs is 1. The molecule has 11 heteroatoms. The van der Waals surface area contributed by atoms with Gasteiger partial charge in [-0.15, -0.1) is 0 Å². The molecule has 2 aromatic carbocycles. The quantitative estimate of drug-likeness (QED) is 0.506. The number of methoxy groups -OCH3 is 2. The van der Waals surface area contributed by atoms with Gasteiger partial charge in [0.25, 0.3) is 5.91 Å². The maximum Gasteiger partial charge on any atom is 0.410 e. The minimum atomic E-state index is -4.58. The van der Waals surface area contributed by atoms with Gasteiger partial charge in [0.2, 0.25) is 0 Å². The standard InChI is InChI=1S/C22H20ClF3N4O3/c1-32-17-8-7-12(9-18(17)33-2)15-10-19(22(24,25)26)30-20(27-15)11-16(29-30)21(31)28-14-6-4-3-5-13(14)23/h3-9,11,15,19,27H,10H2,1-2H3,(H,28,31)/t15-,19-/m0/s1. The number of hydrogen-bond acceptors (Lipinski definition) is 5. The largest absolute Gasteiger partial charge is 0.493 e. The Bertz CT molecular complexity index is 1180. The second-order valence-corrected chi connectivity index (χ2v) is 7.81. The number of rotatable bonds is 5. The third kappa shape index (κ3) is 4.56. The van der Waals surface area contributed by atoms with Crippen molar-refractivity contribution in [3.05, 3.63) is 64.8 Å². The predicted octanol–water partition coefficient (Wildman–Crippen LogP) is 5.47. The van der Waals surface area contributed by atoms with Crippen LogP contribution in [0.5, 0.6) is 11.5 Å². The second-order valence-electron chi connectivity index (χ2n) is 7.40. The zero-order chi connectivity index (χ0) is 23.8. The van der Waals surface area contributed by atoms with Crippen LogP contribution in [-0.2, 0) is 0 Å². The number of amides is 1. The number of aromatic nitrogens is 2. The van der Waals surface area contributed by atoms with E-state index in [1.54, 1.807) is 42.5 Å². The van der Waals surface area contributed by atoms with Gasteiger partial charge in [-0.3, -0.25) is 4.79 Å². The minimum Gasteiger partial charge on any atom is -0.493 e. The summed E-state index contributed by atoms with van der Waals surface area (Å²) < 4.78 is 53.1. The summed E-state index contributed by atoms with van der Waals surface area (Å²) in [6.07, 6.45) is -4.90. The van der Waals surface area contributed by atoms with E-state index in [9.17, 15) is 18.0 Å². The number of alkyl halides is 3. The fraction of sp³-hybridized carbons (Fsp3) is 0.273. The molecule has 33 heavy (non-hydrogen) atoms. The summed E-state index contributed by atoms with van der Waals surface area (Å²) in [7, 11) is 2.93.